The first kappa shape index (κ1) is 13.4. The first-order valence-corrected chi connectivity index (χ1v) is 7.49. The lowest BCUT2D eigenvalue weighted by molar-refractivity contribution is 0.567. The van der Waals surface area contributed by atoms with E-state index in [-0.39, 0.29) is 0 Å². The summed E-state index contributed by atoms with van der Waals surface area (Å²) in [5, 5.41) is 0. The standard InChI is InChI=1S/C13H23N7/c1-10-5-8-20(9-10)13-16-11(18-14)15-12(17-13)19-6-3-2-4-7-19/h10H,2-9,14H2,1H3,(H,15,16,17,18). The molecule has 1 atom stereocenters. The Morgan fingerprint density at radius 1 is 1.00 bits per heavy atom. The molecule has 3 N–H and O–H groups in total. The molecule has 0 aromatic carbocycles. The van der Waals surface area contributed by atoms with Crippen molar-refractivity contribution < 1.29 is 0 Å². The summed E-state index contributed by atoms with van der Waals surface area (Å²) in [6.45, 7) is 6.31. The van der Waals surface area contributed by atoms with Crippen molar-refractivity contribution in [3.63, 3.8) is 0 Å². The molecule has 2 saturated heterocycles. The lowest BCUT2D eigenvalue weighted by Gasteiger charge is -2.27. The Kier molecular flexibility index (Phi) is 3.86. The van der Waals surface area contributed by atoms with E-state index in [2.05, 4.69) is 37.1 Å². The largest absolute Gasteiger partial charge is 0.341 e. The van der Waals surface area contributed by atoms with E-state index in [1.807, 2.05) is 0 Å². The van der Waals surface area contributed by atoms with Crippen molar-refractivity contribution in [2.24, 2.45) is 11.8 Å². The highest BCUT2D eigenvalue weighted by molar-refractivity contribution is 5.45. The number of piperidine rings is 1. The van der Waals surface area contributed by atoms with Gasteiger partial charge in [-0.3, -0.25) is 5.43 Å². The number of nitrogens with zero attached hydrogens (tertiary/aromatic N) is 5. The molecule has 0 spiro atoms. The normalized spacial score (nSPS) is 23.2. The zero-order chi connectivity index (χ0) is 13.9. The zero-order valence-corrected chi connectivity index (χ0v) is 12.0. The van der Waals surface area contributed by atoms with Crippen molar-refractivity contribution in [1.29, 1.82) is 0 Å². The van der Waals surface area contributed by atoms with E-state index in [1.54, 1.807) is 0 Å². The number of nitrogen functional groups attached to an aromatic ring is 1. The molecule has 2 fully saturated rings. The second kappa shape index (κ2) is 5.78. The predicted molar refractivity (Wildman–Crippen MR) is 79.7 cm³/mol. The van der Waals surface area contributed by atoms with Gasteiger partial charge in [-0.15, -0.1) is 0 Å². The maximum atomic E-state index is 5.50. The number of rotatable bonds is 3. The average molecular weight is 277 g/mol. The zero-order valence-electron chi connectivity index (χ0n) is 12.0. The quantitative estimate of drug-likeness (QED) is 0.629. The Morgan fingerprint density at radius 3 is 2.30 bits per heavy atom. The highest BCUT2D eigenvalue weighted by atomic mass is 15.4. The molecule has 7 nitrogen and oxygen atoms in total. The second-order valence-electron chi connectivity index (χ2n) is 5.79. The van der Waals surface area contributed by atoms with Crippen molar-refractivity contribution in [3.8, 4) is 0 Å². The summed E-state index contributed by atoms with van der Waals surface area (Å²) in [5.74, 6) is 8.15. The fraction of sp³-hybridized carbons (Fsp3) is 0.769. The number of anilines is 3. The molecule has 1 aromatic rings. The summed E-state index contributed by atoms with van der Waals surface area (Å²) < 4.78 is 0. The van der Waals surface area contributed by atoms with E-state index in [9.17, 15) is 0 Å². The molecule has 110 valence electrons. The molecule has 20 heavy (non-hydrogen) atoms. The first-order chi connectivity index (χ1) is 9.76. The van der Waals surface area contributed by atoms with Crippen LogP contribution >= 0.6 is 0 Å². The molecule has 1 aromatic heterocycles. The van der Waals surface area contributed by atoms with Gasteiger partial charge in [0.15, 0.2) is 0 Å². The first-order valence-electron chi connectivity index (χ1n) is 7.49. The molecule has 2 aliphatic heterocycles. The minimum absolute atomic E-state index is 0.454. The van der Waals surface area contributed by atoms with Crippen LogP contribution in [0.2, 0.25) is 0 Å². The predicted octanol–water partition coefficient (Wildman–Crippen LogP) is 0.994. The maximum absolute atomic E-state index is 5.50. The van der Waals surface area contributed by atoms with Crippen LogP contribution < -0.4 is 21.1 Å². The molecule has 3 rings (SSSR count). The topological polar surface area (TPSA) is 83.2 Å². The molecule has 0 saturated carbocycles. The summed E-state index contributed by atoms with van der Waals surface area (Å²) in [7, 11) is 0. The SMILES string of the molecule is CC1CCN(c2nc(NN)nc(N3CCCCC3)n2)C1. The lowest BCUT2D eigenvalue weighted by Crippen LogP contribution is -2.32. The Hall–Kier alpha value is -1.63. The van der Waals surface area contributed by atoms with E-state index in [4.69, 9.17) is 5.84 Å². The van der Waals surface area contributed by atoms with Gasteiger partial charge in [-0.1, -0.05) is 6.92 Å². The average Bonchev–Trinajstić information content (AvgIpc) is 2.94. The number of aromatic nitrogens is 3. The molecule has 2 aliphatic rings. The van der Waals surface area contributed by atoms with Gasteiger partial charge in [-0.05, 0) is 31.6 Å². The van der Waals surface area contributed by atoms with E-state index < -0.39 is 0 Å². The lowest BCUT2D eigenvalue weighted by atomic mass is 10.1. The number of nitrogens with two attached hydrogens (primary N) is 1. The highest BCUT2D eigenvalue weighted by Crippen LogP contribution is 2.24. The second-order valence-corrected chi connectivity index (χ2v) is 5.79. The Morgan fingerprint density at radius 2 is 1.70 bits per heavy atom. The van der Waals surface area contributed by atoms with Gasteiger partial charge in [0.1, 0.15) is 0 Å². The molecule has 7 heteroatoms. The monoisotopic (exact) mass is 277 g/mol. The van der Waals surface area contributed by atoms with Crippen LogP contribution in [-0.2, 0) is 0 Å². The molecule has 0 aliphatic carbocycles. The van der Waals surface area contributed by atoms with Crippen LogP contribution in [-0.4, -0.2) is 41.1 Å². The van der Waals surface area contributed by atoms with Crippen LogP contribution in [0.3, 0.4) is 0 Å². The maximum Gasteiger partial charge on any atom is 0.243 e. The van der Waals surface area contributed by atoms with Gasteiger partial charge in [0.25, 0.3) is 0 Å². The van der Waals surface area contributed by atoms with E-state index in [0.717, 1.165) is 38.1 Å². The van der Waals surface area contributed by atoms with E-state index in [1.165, 1.54) is 25.7 Å². The van der Waals surface area contributed by atoms with E-state index in [0.29, 0.717) is 11.9 Å². The summed E-state index contributed by atoms with van der Waals surface area (Å²) >= 11 is 0. The van der Waals surface area contributed by atoms with Gasteiger partial charge < -0.3 is 9.80 Å². The molecule has 1 unspecified atom stereocenters. The number of hydrogen-bond acceptors (Lipinski definition) is 7. The van der Waals surface area contributed by atoms with Crippen LogP contribution in [0, 0.1) is 5.92 Å². The van der Waals surface area contributed by atoms with Gasteiger partial charge in [-0.25, -0.2) is 5.84 Å². The third-order valence-corrected chi connectivity index (χ3v) is 4.09. The van der Waals surface area contributed by atoms with Gasteiger partial charge >= 0.3 is 0 Å². The minimum Gasteiger partial charge on any atom is -0.341 e. The van der Waals surface area contributed by atoms with Crippen molar-refractivity contribution in [3.05, 3.63) is 0 Å². The Balaban J connectivity index is 1.86. The molecule has 3 heterocycles. The van der Waals surface area contributed by atoms with Gasteiger partial charge in [0.05, 0.1) is 0 Å². The fourth-order valence-electron chi connectivity index (χ4n) is 2.91. The highest BCUT2D eigenvalue weighted by Gasteiger charge is 2.23. The molecule has 0 bridgehead atoms. The minimum atomic E-state index is 0.454. The third kappa shape index (κ3) is 2.77. The molecular formula is C13H23N7. The molecule has 0 radical (unpaired) electrons. The van der Waals surface area contributed by atoms with E-state index >= 15 is 0 Å². The van der Waals surface area contributed by atoms with Gasteiger partial charge in [0, 0.05) is 26.2 Å². The van der Waals surface area contributed by atoms with Crippen LogP contribution in [0.1, 0.15) is 32.6 Å². The number of hydrogen-bond donors (Lipinski definition) is 2. The molecule has 0 amide bonds. The fourth-order valence-corrected chi connectivity index (χ4v) is 2.91. The number of hydrazine groups is 1. The van der Waals surface area contributed by atoms with Crippen LogP contribution in [0.4, 0.5) is 17.8 Å². The summed E-state index contributed by atoms with van der Waals surface area (Å²) in [6.07, 6.45) is 4.89. The number of nitrogens with one attached hydrogen (secondary N) is 1. The van der Waals surface area contributed by atoms with Crippen LogP contribution in [0.25, 0.3) is 0 Å². The Bertz CT molecular complexity index is 435. The summed E-state index contributed by atoms with van der Waals surface area (Å²) in [6, 6.07) is 0. The van der Waals surface area contributed by atoms with Gasteiger partial charge in [0.2, 0.25) is 17.8 Å². The van der Waals surface area contributed by atoms with Crippen molar-refractivity contribution in [2.75, 3.05) is 41.4 Å². The van der Waals surface area contributed by atoms with Gasteiger partial charge in [-0.2, -0.15) is 15.0 Å². The summed E-state index contributed by atoms with van der Waals surface area (Å²) in [4.78, 5) is 17.9. The third-order valence-electron chi connectivity index (χ3n) is 4.09. The van der Waals surface area contributed by atoms with Crippen LogP contribution in [0.5, 0.6) is 0 Å². The van der Waals surface area contributed by atoms with Crippen molar-refractivity contribution >= 4 is 17.8 Å². The smallest absolute Gasteiger partial charge is 0.243 e. The summed E-state index contributed by atoms with van der Waals surface area (Å²) in [5.41, 5.74) is 2.57. The van der Waals surface area contributed by atoms with Crippen molar-refractivity contribution in [1.82, 2.24) is 15.0 Å². The van der Waals surface area contributed by atoms with Crippen LogP contribution in [0.15, 0.2) is 0 Å². The molecular weight excluding hydrogens is 254 g/mol. The Labute approximate surface area is 119 Å². The van der Waals surface area contributed by atoms with Crippen molar-refractivity contribution in [2.45, 2.75) is 32.6 Å².